The molecule has 0 spiro atoms. The SMILES string of the molecule is COCCOc1cc(C(=O)OC)ccc1C1C(C(=O)OC)=C(C)N(c2cccc(C(F)(F)F)c2)C(=N)N1C(N)=O. The highest BCUT2D eigenvalue weighted by Crippen LogP contribution is 2.43. The number of urea groups is 1. The first-order valence-electron chi connectivity index (χ1n) is 11.6. The summed E-state index contributed by atoms with van der Waals surface area (Å²) >= 11 is 0. The van der Waals surface area contributed by atoms with Gasteiger partial charge in [-0.3, -0.25) is 15.2 Å². The fourth-order valence-corrected chi connectivity index (χ4v) is 4.23. The van der Waals surface area contributed by atoms with Gasteiger partial charge in [-0.2, -0.15) is 13.2 Å². The Morgan fingerprint density at radius 2 is 1.68 bits per heavy atom. The minimum absolute atomic E-state index is 0.00133. The maximum atomic E-state index is 13.5. The van der Waals surface area contributed by atoms with Crippen LogP contribution in [0.25, 0.3) is 0 Å². The van der Waals surface area contributed by atoms with Gasteiger partial charge in [0.25, 0.3) is 0 Å². The lowest BCUT2D eigenvalue weighted by molar-refractivity contribution is -0.138. The van der Waals surface area contributed by atoms with E-state index in [1.165, 1.54) is 45.4 Å². The lowest BCUT2D eigenvalue weighted by atomic mass is 9.91. The molecule has 2 amide bonds. The minimum Gasteiger partial charge on any atom is -0.491 e. The third-order valence-corrected chi connectivity index (χ3v) is 6.05. The van der Waals surface area contributed by atoms with Gasteiger partial charge in [0.2, 0.25) is 5.96 Å². The normalized spacial score (nSPS) is 15.7. The van der Waals surface area contributed by atoms with Crippen LogP contribution in [0.5, 0.6) is 5.75 Å². The molecule has 1 aliphatic rings. The molecule has 0 fully saturated rings. The molecule has 40 heavy (non-hydrogen) atoms. The zero-order chi connectivity index (χ0) is 29.8. The molecule has 1 atom stereocenters. The number of methoxy groups -OCH3 is 3. The van der Waals surface area contributed by atoms with Crippen molar-refractivity contribution in [3.8, 4) is 5.75 Å². The van der Waals surface area contributed by atoms with Gasteiger partial charge in [-0.1, -0.05) is 12.1 Å². The molecule has 1 unspecified atom stereocenters. The molecule has 1 heterocycles. The van der Waals surface area contributed by atoms with Crippen LogP contribution < -0.4 is 15.4 Å². The Morgan fingerprint density at radius 3 is 2.25 bits per heavy atom. The van der Waals surface area contributed by atoms with Gasteiger partial charge in [0.1, 0.15) is 18.4 Å². The monoisotopic (exact) mass is 564 g/mol. The van der Waals surface area contributed by atoms with Gasteiger partial charge in [-0.25, -0.2) is 14.4 Å². The van der Waals surface area contributed by atoms with Gasteiger partial charge in [0, 0.05) is 24.1 Å². The first-order valence-corrected chi connectivity index (χ1v) is 11.6. The standard InChI is InChI=1S/C26H27F3N4O7/c1-14-20(23(35)39-4)21(18-9-8-15(22(34)38-3)12-19(18)40-11-10-37-2)33(25(31)36)24(30)32(14)17-7-5-6-16(13-17)26(27,28)29/h5-9,12-13,21,30H,10-11H2,1-4H3,(H2,31,36). The Kier molecular flexibility index (Phi) is 9.04. The number of guanidine groups is 1. The van der Waals surface area contributed by atoms with Gasteiger partial charge < -0.3 is 24.7 Å². The van der Waals surface area contributed by atoms with Crippen LogP contribution in [0.1, 0.15) is 34.5 Å². The Hall–Kier alpha value is -4.59. The number of hydrogen-bond donors (Lipinski definition) is 2. The lowest BCUT2D eigenvalue weighted by Crippen LogP contribution is -2.55. The Bertz CT molecular complexity index is 1360. The van der Waals surface area contributed by atoms with Crippen LogP contribution >= 0.6 is 0 Å². The first kappa shape index (κ1) is 30.0. The third-order valence-electron chi connectivity index (χ3n) is 6.05. The number of nitrogens with zero attached hydrogens (tertiary/aromatic N) is 2. The van der Waals surface area contributed by atoms with Crippen molar-refractivity contribution in [2.24, 2.45) is 5.73 Å². The highest BCUT2D eigenvalue weighted by atomic mass is 19.4. The molecule has 0 bridgehead atoms. The van der Waals surface area contributed by atoms with Crippen molar-refractivity contribution < 1.29 is 46.5 Å². The topological polar surface area (TPSA) is 144 Å². The number of ether oxygens (including phenoxy) is 4. The van der Waals surface area contributed by atoms with Crippen molar-refractivity contribution in [3.05, 3.63) is 70.4 Å². The smallest absolute Gasteiger partial charge is 0.416 e. The summed E-state index contributed by atoms with van der Waals surface area (Å²) in [6.45, 7) is 1.53. The number of anilines is 1. The van der Waals surface area contributed by atoms with Crippen molar-refractivity contribution >= 4 is 29.6 Å². The Labute approximate surface area is 227 Å². The maximum Gasteiger partial charge on any atom is 0.416 e. The van der Waals surface area contributed by atoms with Gasteiger partial charge >= 0.3 is 24.1 Å². The van der Waals surface area contributed by atoms with E-state index in [1.54, 1.807) is 0 Å². The summed E-state index contributed by atoms with van der Waals surface area (Å²) in [7, 11) is 3.71. The van der Waals surface area contributed by atoms with E-state index in [1.807, 2.05) is 0 Å². The molecule has 14 heteroatoms. The summed E-state index contributed by atoms with van der Waals surface area (Å²) in [5.74, 6) is -2.24. The number of allylic oxidation sites excluding steroid dienone is 1. The molecule has 2 aromatic carbocycles. The number of benzene rings is 2. The number of carbonyl (C=O) groups excluding carboxylic acids is 3. The number of nitrogens with two attached hydrogens (primary N) is 1. The molecule has 3 rings (SSSR count). The van der Waals surface area contributed by atoms with E-state index >= 15 is 0 Å². The summed E-state index contributed by atoms with van der Waals surface area (Å²) in [6.07, 6.45) is -4.70. The summed E-state index contributed by atoms with van der Waals surface area (Å²) in [4.78, 5) is 39.8. The lowest BCUT2D eigenvalue weighted by Gasteiger charge is -2.43. The Balaban J connectivity index is 2.32. The molecule has 2 aromatic rings. The molecule has 0 aromatic heterocycles. The van der Waals surface area contributed by atoms with E-state index in [9.17, 15) is 27.6 Å². The number of amides is 2. The zero-order valence-electron chi connectivity index (χ0n) is 22.0. The minimum atomic E-state index is -4.70. The fourth-order valence-electron chi connectivity index (χ4n) is 4.23. The second-order valence-electron chi connectivity index (χ2n) is 8.39. The van der Waals surface area contributed by atoms with Crippen LogP contribution in [0.4, 0.5) is 23.7 Å². The molecule has 3 N–H and O–H groups in total. The molecular formula is C26H27F3N4O7. The highest BCUT2D eigenvalue weighted by Gasteiger charge is 2.45. The third kappa shape index (κ3) is 5.86. The van der Waals surface area contributed by atoms with E-state index in [4.69, 9.17) is 30.1 Å². The number of carbonyl (C=O) groups is 3. The van der Waals surface area contributed by atoms with Crippen LogP contribution in [0.3, 0.4) is 0 Å². The van der Waals surface area contributed by atoms with Crippen LogP contribution in [0.2, 0.25) is 0 Å². The number of primary amides is 1. The molecule has 1 aliphatic heterocycles. The van der Waals surface area contributed by atoms with Crippen molar-refractivity contribution in [3.63, 3.8) is 0 Å². The first-order chi connectivity index (χ1) is 18.9. The summed E-state index contributed by atoms with van der Waals surface area (Å²) in [5, 5.41) is 8.82. The van der Waals surface area contributed by atoms with Crippen molar-refractivity contribution in [2.75, 3.05) is 39.4 Å². The molecule has 0 aliphatic carbocycles. The number of alkyl halides is 3. The predicted molar refractivity (Wildman–Crippen MR) is 136 cm³/mol. The van der Waals surface area contributed by atoms with E-state index in [0.717, 1.165) is 35.1 Å². The van der Waals surface area contributed by atoms with E-state index in [0.29, 0.717) is 0 Å². The van der Waals surface area contributed by atoms with Crippen molar-refractivity contribution in [2.45, 2.75) is 19.1 Å². The average molecular weight is 565 g/mol. The van der Waals surface area contributed by atoms with Gasteiger partial charge in [-0.15, -0.1) is 0 Å². The zero-order valence-corrected chi connectivity index (χ0v) is 22.0. The van der Waals surface area contributed by atoms with E-state index in [2.05, 4.69) is 0 Å². The molecule has 0 radical (unpaired) electrons. The van der Waals surface area contributed by atoms with Gasteiger partial charge in [0.05, 0.1) is 37.5 Å². The number of esters is 2. The summed E-state index contributed by atoms with van der Waals surface area (Å²) in [5.41, 5.74) is 4.52. The fraction of sp³-hybridized carbons (Fsp3) is 0.308. The Morgan fingerprint density at radius 1 is 1.00 bits per heavy atom. The quantitative estimate of drug-likeness (QED) is 0.364. The largest absolute Gasteiger partial charge is 0.491 e. The van der Waals surface area contributed by atoms with E-state index < -0.39 is 41.7 Å². The molecular weight excluding hydrogens is 537 g/mol. The van der Waals surface area contributed by atoms with Gasteiger partial charge in [-0.05, 0) is 37.3 Å². The maximum absolute atomic E-state index is 13.5. The molecule has 214 valence electrons. The molecule has 0 saturated heterocycles. The average Bonchev–Trinajstić information content (AvgIpc) is 2.91. The van der Waals surface area contributed by atoms with Gasteiger partial charge in [0.15, 0.2) is 0 Å². The number of halogens is 3. The number of rotatable bonds is 8. The van der Waals surface area contributed by atoms with Crippen LogP contribution in [0, 0.1) is 5.41 Å². The summed E-state index contributed by atoms with van der Waals surface area (Å²) in [6, 6.07) is 5.49. The molecule has 11 nitrogen and oxygen atoms in total. The van der Waals surface area contributed by atoms with Crippen molar-refractivity contribution in [1.29, 1.82) is 5.41 Å². The van der Waals surface area contributed by atoms with Crippen molar-refractivity contribution in [1.82, 2.24) is 4.90 Å². The number of hydrogen-bond acceptors (Lipinski definition) is 8. The van der Waals surface area contributed by atoms with Crippen LogP contribution in [-0.2, 0) is 25.2 Å². The number of nitrogens with one attached hydrogen (secondary N) is 1. The highest BCUT2D eigenvalue weighted by molar-refractivity contribution is 6.10. The summed E-state index contributed by atoms with van der Waals surface area (Å²) < 4.78 is 60.9. The predicted octanol–water partition coefficient (Wildman–Crippen LogP) is 3.84. The second kappa shape index (κ2) is 12.1. The van der Waals surface area contributed by atoms with Crippen LogP contribution in [0.15, 0.2) is 53.7 Å². The van der Waals surface area contributed by atoms with E-state index in [-0.39, 0.29) is 47.0 Å². The van der Waals surface area contributed by atoms with Crippen LogP contribution in [-0.4, -0.2) is 63.4 Å². The molecule has 0 saturated carbocycles. The second-order valence-corrected chi connectivity index (χ2v) is 8.39.